The van der Waals surface area contributed by atoms with E-state index in [2.05, 4.69) is 30.5 Å². The van der Waals surface area contributed by atoms with Gasteiger partial charge in [0.2, 0.25) is 5.91 Å². The number of carbonyl (C=O) groups excluding carboxylic acids is 1. The number of aryl methyl sites for hydroxylation is 1. The van der Waals surface area contributed by atoms with Gasteiger partial charge in [0.25, 0.3) is 0 Å². The Hall–Kier alpha value is -5.03. The van der Waals surface area contributed by atoms with Gasteiger partial charge in [-0.3, -0.25) is 19.9 Å². The SMILES string of the molecule is Cc1cc(F)cc(-c2cncc3[nH]c(-c4n[nH]c5ccc(-c6cncc(NC(=O)CN(C)C)c6)nc45)nc23)c1. The van der Waals surface area contributed by atoms with Gasteiger partial charge in [-0.15, -0.1) is 0 Å². The van der Waals surface area contributed by atoms with Crippen LogP contribution in [-0.2, 0) is 4.79 Å². The van der Waals surface area contributed by atoms with Gasteiger partial charge in [-0.1, -0.05) is 6.07 Å². The first-order valence-corrected chi connectivity index (χ1v) is 12.2. The first-order chi connectivity index (χ1) is 18.8. The molecule has 0 aliphatic carbocycles. The van der Waals surface area contributed by atoms with Gasteiger partial charge >= 0.3 is 0 Å². The number of aromatic amines is 2. The first-order valence-electron chi connectivity index (χ1n) is 12.2. The van der Waals surface area contributed by atoms with E-state index < -0.39 is 0 Å². The van der Waals surface area contributed by atoms with Gasteiger partial charge in [-0.2, -0.15) is 5.10 Å². The Kier molecular flexibility index (Phi) is 6.04. The molecule has 39 heavy (non-hydrogen) atoms. The molecule has 5 aromatic heterocycles. The van der Waals surface area contributed by atoms with Crippen molar-refractivity contribution in [3.05, 3.63) is 72.6 Å². The molecule has 1 amide bonds. The van der Waals surface area contributed by atoms with Crippen molar-refractivity contribution in [3.8, 4) is 33.9 Å². The van der Waals surface area contributed by atoms with Crippen LogP contribution in [0.3, 0.4) is 0 Å². The molecule has 0 aliphatic rings. The second-order valence-corrected chi connectivity index (χ2v) is 9.60. The van der Waals surface area contributed by atoms with Crippen LogP contribution in [-0.4, -0.2) is 66.6 Å². The predicted octanol–water partition coefficient (Wildman–Crippen LogP) is 4.57. The molecule has 6 rings (SSSR count). The number of anilines is 1. The standard InChI is InChI=1S/C28H24FN9O/c1-15-6-16(8-18(29)7-15)20-12-31-13-23-25(20)35-28(34-23)27-26-22(36-37-27)5-4-21(33-26)17-9-19(11-30-10-17)32-24(39)14-38(2)3/h4-13H,14H2,1-3H3,(H,32,39)(H,34,35)(H,36,37). The molecule has 0 spiro atoms. The van der Waals surface area contributed by atoms with Crippen LogP contribution < -0.4 is 5.32 Å². The number of amides is 1. The summed E-state index contributed by atoms with van der Waals surface area (Å²) in [6.45, 7) is 2.11. The minimum absolute atomic E-state index is 0.133. The van der Waals surface area contributed by atoms with Crippen LogP contribution in [0.1, 0.15) is 5.56 Å². The van der Waals surface area contributed by atoms with Gasteiger partial charge in [0.15, 0.2) is 11.5 Å². The van der Waals surface area contributed by atoms with Crippen molar-refractivity contribution in [2.45, 2.75) is 6.92 Å². The van der Waals surface area contributed by atoms with Crippen molar-refractivity contribution in [3.63, 3.8) is 0 Å². The summed E-state index contributed by atoms with van der Waals surface area (Å²) < 4.78 is 14.1. The highest BCUT2D eigenvalue weighted by Crippen LogP contribution is 2.32. The first kappa shape index (κ1) is 24.3. The number of nitrogens with zero attached hydrogens (tertiary/aromatic N) is 6. The molecule has 3 N–H and O–H groups in total. The fraction of sp³-hybridized carbons (Fsp3) is 0.143. The van der Waals surface area contributed by atoms with E-state index in [1.54, 1.807) is 29.7 Å². The number of nitrogens with one attached hydrogen (secondary N) is 3. The maximum absolute atomic E-state index is 14.1. The summed E-state index contributed by atoms with van der Waals surface area (Å²) in [5.41, 5.74) is 7.44. The molecular formula is C28H24FN9O. The third kappa shape index (κ3) is 4.82. The minimum Gasteiger partial charge on any atom is -0.335 e. The van der Waals surface area contributed by atoms with E-state index in [9.17, 15) is 9.18 Å². The second-order valence-electron chi connectivity index (χ2n) is 9.60. The molecule has 11 heteroatoms. The van der Waals surface area contributed by atoms with E-state index in [0.717, 1.165) is 16.6 Å². The molecule has 6 aromatic rings. The molecule has 0 saturated carbocycles. The summed E-state index contributed by atoms with van der Waals surface area (Å²) >= 11 is 0. The number of hydrogen-bond acceptors (Lipinski definition) is 7. The molecule has 5 heterocycles. The molecule has 0 saturated heterocycles. The Morgan fingerprint density at radius 1 is 0.949 bits per heavy atom. The van der Waals surface area contributed by atoms with Crippen LogP contribution in [0.15, 0.2) is 61.2 Å². The highest BCUT2D eigenvalue weighted by Gasteiger charge is 2.18. The molecule has 194 valence electrons. The zero-order valence-electron chi connectivity index (χ0n) is 21.5. The monoisotopic (exact) mass is 521 g/mol. The van der Waals surface area contributed by atoms with Gasteiger partial charge in [-0.25, -0.2) is 14.4 Å². The molecule has 0 fully saturated rings. The maximum atomic E-state index is 14.1. The number of carbonyl (C=O) groups is 1. The third-order valence-electron chi connectivity index (χ3n) is 6.16. The topological polar surface area (TPSA) is 128 Å². The summed E-state index contributed by atoms with van der Waals surface area (Å²) in [5, 5.41) is 10.3. The fourth-order valence-electron chi connectivity index (χ4n) is 4.51. The zero-order chi connectivity index (χ0) is 27.1. The number of rotatable bonds is 6. The Morgan fingerprint density at radius 3 is 2.62 bits per heavy atom. The van der Waals surface area contributed by atoms with E-state index in [4.69, 9.17) is 9.97 Å². The van der Waals surface area contributed by atoms with Crippen LogP contribution in [0, 0.1) is 12.7 Å². The summed E-state index contributed by atoms with van der Waals surface area (Å²) in [7, 11) is 3.66. The van der Waals surface area contributed by atoms with Crippen molar-refractivity contribution in [1.29, 1.82) is 0 Å². The van der Waals surface area contributed by atoms with Crippen LogP contribution in [0.4, 0.5) is 10.1 Å². The summed E-state index contributed by atoms with van der Waals surface area (Å²) in [5.74, 6) is 0.0568. The van der Waals surface area contributed by atoms with E-state index in [-0.39, 0.29) is 18.3 Å². The number of hydrogen-bond donors (Lipinski definition) is 3. The summed E-state index contributed by atoms with van der Waals surface area (Å²) in [6.07, 6.45) is 6.64. The van der Waals surface area contributed by atoms with Gasteiger partial charge in [0.1, 0.15) is 11.3 Å². The van der Waals surface area contributed by atoms with Gasteiger partial charge in [-0.05, 0) is 62.5 Å². The number of fused-ring (bicyclic) bond motifs is 2. The van der Waals surface area contributed by atoms with Crippen molar-refractivity contribution < 1.29 is 9.18 Å². The Balaban J connectivity index is 1.39. The van der Waals surface area contributed by atoms with Gasteiger partial charge in [0, 0.05) is 23.5 Å². The summed E-state index contributed by atoms with van der Waals surface area (Å²) in [6, 6.07) is 10.4. The number of aromatic nitrogens is 7. The fourth-order valence-corrected chi connectivity index (χ4v) is 4.51. The number of benzene rings is 1. The van der Waals surface area contributed by atoms with E-state index in [1.165, 1.54) is 12.1 Å². The molecule has 0 unspecified atom stereocenters. The third-order valence-corrected chi connectivity index (χ3v) is 6.16. The maximum Gasteiger partial charge on any atom is 0.238 e. The molecule has 0 aliphatic heterocycles. The highest BCUT2D eigenvalue weighted by atomic mass is 19.1. The Morgan fingerprint density at radius 2 is 1.79 bits per heavy atom. The number of H-pyrrole nitrogens is 2. The predicted molar refractivity (Wildman–Crippen MR) is 147 cm³/mol. The van der Waals surface area contributed by atoms with Crippen LogP contribution >= 0.6 is 0 Å². The van der Waals surface area contributed by atoms with Crippen molar-refractivity contribution in [2.24, 2.45) is 0 Å². The molecule has 0 radical (unpaired) electrons. The number of pyridine rings is 3. The van der Waals surface area contributed by atoms with E-state index in [1.807, 2.05) is 45.3 Å². The lowest BCUT2D eigenvalue weighted by molar-refractivity contribution is -0.116. The lowest BCUT2D eigenvalue weighted by Gasteiger charge is -2.10. The molecular weight excluding hydrogens is 497 g/mol. The van der Waals surface area contributed by atoms with Gasteiger partial charge < -0.3 is 15.2 Å². The van der Waals surface area contributed by atoms with Crippen LogP contribution in [0.2, 0.25) is 0 Å². The number of likely N-dealkylation sites (N-methyl/N-ethyl adjacent to an activating group) is 1. The van der Waals surface area contributed by atoms with E-state index >= 15 is 0 Å². The van der Waals surface area contributed by atoms with Crippen LogP contribution in [0.5, 0.6) is 0 Å². The zero-order valence-corrected chi connectivity index (χ0v) is 21.5. The molecule has 0 bridgehead atoms. The highest BCUT2D eigenvalue weighted by molar-refractivity contribution is 5.96. The summed E-state index contributed by atoms with van der Waals surface area (Å²) in [4.78, 5) is 35.5. The smallest absolute Gasteiger partial charge is 0.238 e. The lowest BCUT2D eigenvalue weighted by atomic mass is 10.0. The lowest BCUT2D eigenvalue weighted by Crippen LogP contribution is -2.27. The minimum atomic E-state index is -0.316. The van der Waals surface area contributed by atoms with E-state index in [0.29, 0.717) is 50.6 Å². The number of imidazole rings is 1. The van der Waals surface area contributed by atoms with Crippen molar-refractivity contribution in [1.82, 2.24) is 40.0 Å². The average Bonchev–Trinajstić information content (AvgIpc) is 3.51. The Labute approximate surface area is 222 Å². The second kappa shape index (κ2) is 9.69. The largest absolute Gasteiger partial charge is 0.335 e. The quantitative estimate of drug-likeness (QED) is 0.293. The van der Waals surface area contributed by atoms with Crippen molar-refractivity contribution in [2.75, 3.05) is 26.0 Å². The average molecular weight is 522 g/mol. The number of halogens is 1. The van der Waals surface area contributed by atoms with Crippen molar-refractivity contribution >= 4 is 33.7 Å². The normalized spacial score (nSPS) is 11.5. The molecule has 1 aromatic carbocycles. The Bertz CT molecular complexity index is 1840. The van der Waals surface area contributed by atoms with Crippen LogP contribution in [0.25, 0.3) is 56.0 Å². The molecule has 0 atom stereocenters. The van der Waals surface area contributed by atoms with Gasteiger partial charge in [0.05, 0.1) is 46.9 Å². The molecule has 10 nitrogen and oxygen atoms in total.